The summed E-state index contributed by atoms with van der Waals surface area (Å²) in [6.07, 6.45) is 0. The minimum atomic E-state index is -1.70. The monoisotopic (exact) mass is 397 g/mol. The molecule has 1 radical (unpaired) electrons. The Morgan fingerprint density at radius 3 is 2.00 bits per heavy atom. The molecule has 0 saturated heterocycles. The third kappa shape index (κ3) is 2.91. The van der Waals surface area contributed by atoms with Crippen LogP contribution in [0.15, 0.2) is 12.1 Å². The van der Waals surface area contributed by atoms with E-state index >= 15 is 0 Å². The van der Waals surface area contributed by atoms with Gasteiger partial charge in [-0.1, -0.05) is 0 Å². The maximum atomic E-state index is 2.50. The molecule has 1 aromatic rings. The molecular formula is C9H17SSn2. The molecule has 1 aromatic heterocycles. The zero-order chi connectivity index (χ0) is 9.35. The summed E-state index contributed by atoms with van der Waals surface area (Å²) in [7, 11) is 0. The van der Waals surface area contributed by atoms with E-state index in [-0.39, 0.29) is 0 Å². The molecule has 0 aliphatic rings. The van der Waals surface area contributed by atoms with E-state index < -0.39 is 38.1 Å². The molecule has 1 heterocycles. The van der Waals surface area contributed by atoms with Gasteiger partial charge in [-0.15, -0.1) is 0 Å². The SMILES string of the molecule is [CH3][Sn]([CH3])[c]1cc[c]([Sn]([CH3])([CH3])[CH3])s1. The van der Waals surface area contributed by atoms with Gasteiger partial charge >= 0.3 is 92.1 Å². The summed E-state index contributed by atoms with van der Waals surface area (Å²) in [6, 6.07) is 4.81. The van der Waals surface area contributed by atoms with Crippen molar-refractivity contribution in [3.05, 3.63) is 12.1 Å². The van der Waals surface area contributed by atoms with E-state index in [1.165, 1.54) is 0 Å². The third-order valence-electron chi connectivity index (χ3n) is 1.84. The molecule has 0 aromatic carbocycles. The fourth-order valence-corrected chi connectivity index (χ4v) is 13.6. The molecule has 0 spiro atoms. The summed E-state index contributed by atoms with van der Waals surface area (Å²) in [6.45, 7) is 0. The molecule has 12 heavy (non-hydrogen) atoms. The Bertz CT molecular complexity index is 258. The summed E-state index contributed by atoms with van der Waals surface area (Å²) < 4.78 is 3.50. The van der Waals surface area contributed by atoms with Crippen LogP contribution in [0.25, 0.3) is 0 Å². The molecular weight excluding hydrogens is 378 g/mol. The molecule has 0 aliphatic carbocycles. The summed E-state index contributed by atoms with van der Waals surface area (Å²) in [5, 5.41) is 0. The van der Waals surface area contributed by atoms with Crippen LogP contribution in [0.5, 0.6) is 0 Å². The van der Waals surface area contributed by atoms with Gasteiger partial charge in [0.25, 0.3) is 0 Å². The second kappa shape index (κ2) is 4.21. The Hall–Kier alpha value is 1.30. The van der Waals surface area contributed by atoms with Crippen LogP contribution in [0.3, 0.4) is 0 Å². The molecule has 0 nitrogen and oxygen atoms in total. The van der Waals surface area contributed by atoms with Gasteiger partial charge in [-0.3, -0.25) is 0 Å². The van der Waals surface area contributed by atoms with Crippen molar-refractivity contribution in [2.75, 3.05) is 0 Å². The van der Waals surface area contributed by atoms with Crippen molar-refractivity contribution in [3.63, 3.8) is 0 Å². The van der Waals surface area contributed by atoms with Gasteiger partial charge in [-0.25, -0.2) is 0 Å². The van der Waals surface area contributed by atoms with E-state index in [4.69, 9.17) is 0 Å². The van der Waals surface area contributed by atoms with E-state index in [1.807, 2.05) is 0 Å². The van der Waals surface area contributed by atoms with Crippen LogP contribution in [0.2, 0.25) is 24.7 Å². The molecule has 1 rings (SSSR count). The first-order valence-electron chi connectivity index (χ1n) is 4.32. The summed E-state index contributed by atoms with van der Waals surface area (Å²) in [5.74, 6) is 0. The Kier molecular flexibility index (Phi) is 3.99. The molecule has 0 fully saturated rings. The Morgan fingerprint density at radius 2 is 1.75 bits per heavy atom. The van der Waals surface area contributed by atoms with Gasteiger partial charge in [0.15, 0.2) is 0 Å². The van der Waals surface area contributed by atoms with Crippen molar-refractivity contribution in [1.82, 2.24) is 0 Å². The average molecular weight is 395 g/mol. The van der Waals surface area contributed by atoms with E-state index in [0.29, 0.717) is 0 Å². The van der Waals surface area contributed by atoms with E-state index in [0.717, 1.165) is 0 Å². The fraction of sp³-hybridized carbons (Fsp3) is 0.556. The van der Waals surface area contributed by atoms with E-state index in [9.17, 15) is 0 Å². The van der Waals surface area contributed by atoms with Gasteiger partial charge in [0.2, 0.25) is 0 Å². The Labute approximate surface area is 91.0 Å². The number of thiophene rings is 1. The van der Waals surface area contributed by atoms with Crippen molar-refractivity contribution >= 4 is 55.3 Å². The van der Waals surface area contributed by atoms with Crippen LogP contribution in [-0.2, 0) is 0 Å². The molecule has 0 bridgehead atoms. The predicted octanol–water partition coefficient (Wildman–Crippen LogP) is 2.25. The molecule has 0 aliphatic heterocycles. The Morgan fingerprint density at radius 1 is 1.17 bits per heavy atom. The van der Waals surface area contributed by atoms with E-state index in [2.05, 4.69) is 48.2 Å². The van der Waals surface area contributed by atoms with Gasteiger partial charge in [-0.05, 0) is 0 Å². The predicted molar refractivity (Wildman–Crippen MR) is 64.4 cm³/mol. The zero-order valence-corrected chi connectivity index (χ0v) is 15.1. The van der Waals surface area contributed by atoms with Crippen molar-refractivity contribution in [3.8, 4) is 0 Å². The van der Waals surface area contributed by atoms with Crippen LogP contribution in [0.4, 0.5) is 0 Å². The van der Waals surface area contributed by atoms with Crippen molar-refractivity contribution in [2.45, 2.75) is 24.7 Å². The van der Waals surface area contributed by atoms with Gasteiger partial charge in [0, 0.05) is 0 Å². The first-order chi connectivity index (χ1) is 5.41. The second-order valence-electron chi connectivity index (χ2n) is 4.41. The summed E-state index contributed by atoms with van der Waals surface area (Å²) in [4.78, 5) is 12.4. The van der Waals surface area contributed by atoms with Crippen molar-refractivity contribution in [1.29, 1.82) is 0 Å². The standard InChI is InChI=1S/C4H2S.5CH3.2Sn/c1-2-4-5-3-1;;;;;;;/h1-2H;5*1H3;;. The second-order valence-corrected chi connectivity index (χ2v) is 29.2. The topological polar surface area (TPSA) is 0 Å². The zero-order valence-electron chi connectivity index (χ0n) is 8.56. The van der Waals surface area contributed by atoms with Crippen LogP contribution >= 0.6 is 11.3 Å². The third-order valence-corrected chi connectivity index (χ3v) is 19.1. The van der Waals surface area contributed by atoms with Crippen molar-refractivity contribution < 1.29 is 0 Å². The van der Waals surface area contributed by atoms with Gasteiger partial charge < -0.3 is 0 Å². The normalized spacial score (nSPS) is 12.5. The number of rotatable bonds is 2. The molecule has 67 valence electrons. The molecule has 0 unspecified atom stereocenters. The van der Waals surface area contributed by atoms with Crippen molar-refractivity contribution in [2.24, 2.45) is 0 Å². The van der Waals surface area contributed by atoms with E-state index in [1.54, 1.807) is 5.79 Å². The molecule has 0 atom stereocenters. The molecule has 0 saturated carbocycles. The molecule has 0 N–H and O–H groups in total. The molecule has 0 amide bonds. The quantitative estimate of drug-likeness (QED) is 0.675. The van der Waals surface area contributed by atoms with Crippen LogP contribution < -0.4 is 5.79 Å². The first kappa shape index (κ1) is 11.4. The molecule has 3 heteroatoms. The minimum absolute atomic E-state index is 1.04. The van der Waals surface area contributed by atoms with Gasteiger partial charge in [0.05, 0.1) is 0 Å². The van der Waals surface area contributed by atoms with Crippen LogP contribution in [0, 0.1) is 0 Å². The first-order valence-corrected chi connectivity index (χ1v) is 22.3. The van der Waals surface area contributed by atoms with Gasteiger partial charge in [-0.2, -0.15) is 0 Å². The average Bonchev–Trinajstić information content (AvgIpc) is 2.30. The number of hydrogen-bond donors (Lipinski definition) is 0. The Balaban J connectivity index is 2.92. The fourth-order valence-electron chi connectivity index (χ4n) is 1.01. The van der Waals surface area contributed by atoms with Crippen LogP contribution in [0.1, 0.15) is 0 Å². The van der Waals surface area contributed by atoms with Gasteiger partial charge in [0.1, 0.15) is 0 Å². The summed E-state index contributed by atoms with van der Waals surface area (Å²) in [5.41, 5.74) is 0. The number of hydrogen-bond acceptors (Lipinski definition) is 1. The summed E-state index contributed by atoms with van der Waals surface area (Å²) >= 11 is -0.615. The van der Waals surface area contributed by atoms with Crippen LogP contribution in [-0.4, -0.2) is 38.1 Å². The maximum absolute atomic E-state index is 2.50.